The normalized spacial score (nSPS) is 18.5. The van der Waals surface area contributed by atoms with E-state index in [1.165, 1.54) is 0 Å². The van der Waals surface area contributed by atoms with Crippen molar-refractivity contribution in [2.24, 2.45) is 0 Å². The minimum atomic E-state index is -3.85. The first kappa shape index (κ1) is 23.8. The van der Waals surface area contributed by atoms with E-state index in [0.717, 1.165) is 30.4 Å². The predicted octanol–water partition coefficient (Wildman–Crippen LogP) is 3.77. The largest absolute Gasteiger partial charge is 0.391 e. The lowest BCUT2D eigenvalue weighted by Crippen LogP contribution is -2.52. The van der Waals surface area contributed by atoms with E-state index in [4.69, 9.17) is 0 Å². The minimum absolute atomic E-state index is 0.0430. The molecule has 2 aromatic carbocycles. The van der Waals surface area contributed by atoms with Gasteiger partial charge in [0.25, 0.3) is 0 Å². The molecule has 1 heterocycles. The summed E-state index contributed by atoms with van der Waals surface area (Å²) in [5.74, 6) is 0. The van der Waals surface area contributed by atoms with Crippen LogP contribution in [-0.4, -0.2) is 47.2 Å². The van der Waals surface area contributed by atoms with E-state index in [-0.39, 0.29) is 24.8 Å². The molecule has 1 aromatic heterocycles. The molecule has 0 radical (unpaired) electrons. The van der Waals surface area contributed by atoms with Gasteiger partial charge in [0, 0.05) is 6.20 Å². The molecule has 33 heavy (non-hydrogen) atoms. The van der Waals surface area contributed by atoms with Gasteiger partial charge in [-0.25, -0.2) is 8.42 Å². The summed E-state index contributed by atoms with van der Waals surface area (Å²) >= 11 is 0. The maximum Gasteiger partial charge on any atom is 0.242 e. The van der Waals surface area contributed by atoms with Crippen molar-refractivity contribution in [1.82, 2.24) is 13.9 Å². The molecule has 0 aliphatic heterocycles. The number of sulfonamides is 1. The summed E-state index contributed by atoms with van der Waals surface area (Å²) in [7, 11) is -3.85. The number of aliphatic hydroxyl groups excluding tert-OH is 1. The molecule has 1 N–H and O–H groups in total. The van der Waals surface area contributed by atoms with Crippen molar-refractivity contribution in [3.63, 3.8) is 0 Å². The first-order valence-electron chi connectivity index (χ1n) is 11.7. The molecule has 1 aliphatic carbocycles. The van der Waals surface area contributed by atoms with Gasteiger partial charge in [0.1, 0.15) is 0 Å². The van der Waals surface area contributed by atoms with Crippen LogP contribution >= 0.6 is 0 Å². The summed E-state index contributed by atoms with van der Waals surface area (Å²) in [6.07, 6.45) is 4.88. The molecule has 4 rings (SSSR count). The first-order chi connectivity index (χ1) is 15.9. The number of nitrogens with zero attached hydrogens (tertiary/aromatic N) is 3. The molecule has 0 amide bonds. The van der Waals surface area contributed by atoms with E-state index in [9.17, 15) is 13.5 Å². The zero-order valence-corrected chi connectivity index (χ0v) is 20.1. The highest BCUT2D eigenvalue weighted by molar-refractivity contribution is 7.91. The van der Waals surface area contributed by atoms with Crippen molar-refractivity contribution in [3.8, 4) is 0 Å². The standard InChI is InChI=1S/C24H31B2N3O3S/c1-25(18-20-10-5-3-6-11-20)29(26(2)19-21-12-7-4-8-13-21)33(31,32)24-16-17-28(27-24)22-14-9-15-23(22)30/h3-8,10-13,16-17,22-23,30H,9,14-15,18-19H2,1-2H3. The van der Waals surface area contributed by atoms with Crippen LogP contribution in [0.15, 0.2) is 78.0 Å². The van der Waals surface area contributed by atoms with Crippen LogP contribution in [0.5, 0.6) is 0 Å². The van der Waals surface area contributed by atoms with Gasteiger partial charge in [-0.2, -0.15) is 5.10 Å². The molecule has 2 atom stereocenters. The van der Waals surface area contributed by atoms with Crippen LogP contribution in [0, 0.1) is 0 Å². The third-order valence-corrected chi connectivity index (χ3v) is 8.55. The molecule has 1 aliphatic rings. The smallest absolute Gasteiger partial charge is 0.242 e. The summed E-state index contributed by atoms with van der Waals surface area (Å²) in [6.45, 7) is 3.42. The molecular formula is C24H31B2N3O3S. The van der Waals surface area contributed by atoms with Gasteiger partial charge in [-0.05, 0) is 38.0 Å². The highest BCUT2D eigenvalue weighted by Gasteiger charge is 2.38. The number of rotatable bonds is 9. The fourth-order valence-electron chi connectivity index (χ4n) is 4.98. The Labute approximate surface area is 197 Å². The molecule has 0 spiro atoms. The average Bonchev–Trinajstić information content (AvgIpc) is 3.44. The van der Waals surface area contributed by atoms with Crippen LogP contribution in [0.3, 0.4) is 0 Å². The number of aliphatic hydroxyl groups is 1. The fourth-order valence-corrected chi connectivity index (χ4v) is 6.72. The van der Waals surface area contributed by atoms with Crippen molar-refractivity contribution in [1.29, 1.82) is 0 Å². The van der Waals surface area contributed by atoms with Gasteiger partial charge >= 0.3 is 0 Å². The summed E-state index contributed by atoms with van der Waals surface area (Å²) in [5.41, 5.74) is 2.19. The van der Waals surface area contributed by atoms with Crippen LogP contribution in [-0.2, 0) is 22.7 Å². The van der Waals surface area contributed by atoms with Gasteiger partial charge in [-0.15, -0.1) is 0 Å². The number of hydrogen-bond donors (Lipinski definition) is 1. The SMILES string of the molecule is CB(Cc1ccccc1)N(B(C)Cc1ccccc1)S(=O)(=O)c1ccn(C2CCCC2O)n1. The van der Waals surface area contributed by atoms with Crippen molar-refractivity contribution in [2.75, 3.05) is 0 Å². The topological polar surface area (TPSA) is 75.4 Å². The van der Waals surface area contributed by atoms with E-state index in [0.29, 0.717) is 12.6 Å². The van der Waals surface area contributed by atoms with Crippen LogP contribution in [0.1, 0.15) is 36.4 Å². The molecule has 1 saturated carbocycles. The second-order valence-corrected chi connectivity index (χ2v) is 10.9. The lowest BCUT2D eigenvalue weighted by Gasteiger charge is -2.30. The Bertz CT molecular complexity index is 1090. The third kappa shape index (κ3) is 5.42. The molecule has 2 unspecified atom stereocenters. The lowest BCUT2D eigenvalue weighted by molar-refractivity contribution is 0.129. The lowest BCUT2D eigenvalue weighted by atomic mass is 9.48. The Kier molecular flexibility index (Phi) is 7.41. The van der Waals surface area contributed by atoms with Crippen LogP contribution < -0.4 is 0 Å². The van der Waals surface area contributed by atoms with Gasteiger partial charge in [-0.3, -0.25) is 8.81 Å². The predicted molar refractivity (Wildman–Crippen MR) is 134 cm³/mol. The zero-order chi connectivity index (χ0) is 23.4. The maximum atomic E-state index is 13.9. The Morgan fingerprint density at radius 2 is 1.48 bits per heavy atom. The maximum absolute atomic E-state index is 13.9. The van der Waals surface area contributed by atoms with Crippen LogP contribution in [0.2, 0.25) is 13.6 Å². The van der Waals surface area contributed by atoms with Crippen LogP contribution in [0.25, 0.3) is 0 Å². The first-order valence-corrected chi connectivity index (χ1v) is 13.1. The molecule has 1 fully saturated rings. The fraction of sp³-hybridized carbons (Fsp3) is 0.375. The van der Waals surface area contributed by atoms with Crippen molar-refractivity contribution < 1.29 is 13.5 Å². The Morgan fingerprint density at radius 3 is 1.97 bits per heavy atom. The summed E-state index contributed by atoms with van der Waals surface area (Å²) in [6, 6.07) is 21.3. The van der Waals surface area contributed by atoms with E-state index in [1.54, 1.807) is 21.1 Å². The monoisotopic (exact) mass is 463 g/mol. The Balaban J connectivity index is 1.64. The third-order valence-electron chi connectivity index (χ3n) is 6.53. The Morgan fingerprint density at radius 1 is 0.939 bits per heavy atom. The molecule has 0 saturated heterocycles. The highest BCUT2D eigenvalue weighted by atomic mass is 32.2. The van der Waals surface area contributed by atoms with Crippen molar-refractivity contribution >= 4 is 23.7 Å². The van der Waals surface area contributed by atoms with Crippen molar-refractivity contribution in [2.45, 2.75) is 62.7 Å². The highest BCUT2D eigenvalue weighted by Crippen LogP contribution is 2.30. The van der Waals surface area contributed by atoms with E-state index < -0.39 is 16.1 Å². The van der Waals surface area contributed by atoms with Crippen LogP contribution in [0.4, 0.5) is 0 Å². The van der Waals surface area contributed by atoms with Gasteiger partial charge in [0.05, 0.1) is 12.1 Å². The molecule has 6 nitrogen and oxygen atoms in total. The van der Waals surface area contributed by atoms with Gasteiger partial charge in [0.15, 0.2) is 5.03 Å². The molecule has 172 valence electrons. The Hall–Kier alpha value is -2.35. The zero-order valence-electron chi connectivity index (χ0n) is 19.3. The summed E-state index contributed by atoms with van der Waals surface area (Å²) in [5, 5.41) is 14.7. The number of benzene rings is 2. The molecular weight excluding hydrogens is 432 g/mol. The van der Waals surface area contributed by atoms with E-state index in [1.807, 2.05) is 74.3 Å². The second kappa shape index (κ2) is 10.3. The second-order valence-electron chi connectivity index (χ2n) is 9.11. The molecule has 0 bridgehead atoms. The van der Waals surface area contributed by atoms with Gasteiger partial charge in [0.2, 0.25) is 23.7 Å². The van der Waals surface area contributed by atoms with Gasteiger partial charge < -0.3 is 5.11 Å². The van der Waals surface area contributed by atoms with Crippen molar-refractivity contribution in [3.05, 3.63) is 84.1 Å². The minimum Gasteiger partial charge on any atom is -0.391 e. The number of aromatic nitrogens is 2. The van der Waals surface area contributed by atoms with E-state index in [2.05, 4.69) is 5.10 Å². The average molecular weight is 463 g/mol. The quantitative estimate of drug-likeness (QED) is 0.491. The molecule has 3 aromatic rings. The number of hydrogen-bond acceptors (Lipinski definition) is 4. The molecule has 9 heteroatoms. The summed E-state index contributed by atoms with van der Waals surface area (Å²) in [4.78, 5) is 0. The van der Waals surface area contributed by atoms with E-state index >= 15 is 0 Å². The van der Waals surface area contributed by atoms with Gasteiger partial charge in [-0.1, -0.05) is 85.4 Å². The summed E-state index contributed by atoms with van der Waals surface area (Å²) < 4.78 is 31.0.